The molecule has 10 nitrogen and oxygen atoms in total. The largest absolute Gasteiger partial charge is 0.352 e. The van der Waals surface area contributed by atoms with Crippen molar-refractivity contribution in [3.8, 4) is 0 Å². The number of sulfonamides is 1. The van der Waals surface area contributed by atoms with Gasteiger partial charge in [-0.05, 0) is 37.1 Å². The lowest BCUT2D eigenvalue weighted by molar-refractivity contribution is -0.197. The van der Waals surface area contributed by atoms with Gasteiger partial charge in [0.15, 0.2) is 0 Å². The Hall–Kier alpha value is -2.79. The average Bonchev–Trinajstić information content (AvgIpc) is 2.92. The number of rotatable bonds is 8. The standard InChI is InChI=1S/C16H19N3O7S/c17-27(24,25)12-6-4-11(5-7-12)16(23)18-10-2-1-3-15(22)26-19-13(20)8-9-14(19)21/h4-7H,1-3,8-10H2,(H,18,23)(H2,17,24,25). The van der Waals surface area contributed by atoms with Gasteiger partial charge in [-0.2, -0.15) is 0 Å². The number of amides is 3. The maximum Gasteiger partial charge on any atom is 0.333 e. The van der Waals surface area contributed by atoms with E-state index in [1.165, 1.54) is 24.3 Å². The maximum atomic E-state index is 11.9. The molecule has 1 fully saturated rings. The van der Waals surface area contributed by atoms with Crippen molar-refractivity contribution < 1.29 is 32.4 Å². The van der Waals surface area contributed by atoms with E-state index in [2.05, 4.69) is 5.32 Å². The monoisotopic (exact) mass is 397 g/mol. The number of unbranched alkanes of at least 4 members (excludes halogenated alkanes) is 1. The highest BCUT2D eigenvalue weighted by molar-refractivity contribution is 7.89. The molecular formula is C16H19N3O7S. The first-order valence-electron chi connectivity index (χ1n) is 8.16. The summed E-state index contributed by atoms with van der Waals surface area (Å²) in [5.41, 5.74) is 0.271. The van der Waals surface area contributed by atoms with Crippen LogP contribution in [-0.4, -0.2) is 43.7 Å². The Bertz CT molecular complexity index is 833. The van der Waals surface area contributed by atoms with Gasteiger partial charge in [-0.3, -0.25) is 14.4 Å². The first-order valence-corrected chi connectivity index (χ1v) is 9.71. The van der Waals surface area contributed by atoms with Crippen LogP contribution in [0.1, 0.15) is 42.5 Å². The summed E-state index contributed by atoms with van der Waals surface area (Å²) in [6, 6.07) is 5.16. The molecule has 1 aromatic rings. The van der Waals surface area contributed by atoms with Gasteiger partial charge in [0.1, 0.15) is 0 Å². The van der Waals surface area contributed by atoms with Crippen LogP contribution >= 0.6 is 0 Å². The predicted octanol–water partition coefficient (Wildman–Crippen LogP) is -0.159. The molecule has 0 atom stereocenters. The van der Waals surface area contributed by atoms with Gasteiger partial charge in [-0.15, -0.1) is 5.06 Å². The number of nitrogens with two attached hydrogens (primary N) is 1. The van der Waals surface area contributed by atoms with Gasteiger partial charge in [0.05, 0.1) is 4.90 Å². The molecule has 0 aliphatic carbocycles. The van der Waals surface area contributed by atoms with Crippen LogP contribution in [0.25, 0.3) is 0 Å². The molecule has 3 N–H and O–H groups in total. The lowest BCUT2D eigenvalue weighted by Crippen LogP contribution is -2.32. The fourth-order valence-electron chi connectivity index (χ4n) is 2.30. The highest BCUT2D eigenvalue weighted by Crippen LogP contribution is 2.13. The van der Waals surface area contributed by atoms with Crippen LogP contribution in [0, 0.1) is 0 Å². The summed E-state index contributed by atoms with van der Waals surface area (Å²) in [7, 11) is -3.81. The van der Waals surface area contributed by atoms with Gasteiger partial charge in [0, 0.05) is 31.4 Å². The summed E-state index contributed by atoms with van der Waals surface area (Å²) in [5.74, 6) is -2.15. The molecule has 146 valence electrons. The summed E-state index contributed by atoms with van der Waals surface area (Å²) >= 11 is 0. The first kappa shape index (κ1) is 20.5. The molecule has 11 heteroatoms. The van der Waals surface area contributed by atoms with Crippen LogP contribution in [0.4, 0.5) is 0 Å². The maximum absolute atomic E-state index is 11.9. The molecule has 0 radical (unpaired) electrons. The third kappa shape index (κ3) is 5.86. The van der Waals surface area contributed by atoms with Crippen molar-refractivity contribution in [2.45, 2.75) is 37.0 Å². The fourth-order valence-corrected chi connectivity index (χ4v) is 2.82. The molecule has 1 saturated heterocycles. The third-order valence-corrected chi connectivity index (χ3v) is 4.67. The zero-order valence-electron chi connectivity index (χ0n) is 14.3. The van der Waals surface area contributed by atoms with E-state index in [-0.39, 0.29) is 36.3 Å². The van der Waals surface area contributed by atoms with E-state index in [1.54, 1.807) is 0 Å². The summed E-state index contributed by atoms with van der Waals surface area (Å²) in [6.07, 6.45) is 0.931. The number of hydrogen-bond acceptors (Lipinski definition) is 7. The normalized spacial score (nSPS) is 14.3. The van der Waals surface area contributed by atoms with Gasteiger partial charge >= 0.3 is 5.97 Å². The van der Waals surface area contributed by atoms with Gasteiger partial charge in [-0.1, -0.05) is 0 Å². The van der Waals surface area contributed by atoms with Crippen molar-refractivity contribution in [1.29, 1.82) is 0 Å². The van der Waals surface area contributed by atoms with Crippen LogP contribution in [0.3, 0.4) is 0 Å². The van der Waals surface area contributed by atoms with Crippen molar-refractivity contribution in [3.63, 3.8) is 0 Å². The quantitative estimate of drug-likeness (QED) is 0.456. The number of carbonyl (C=O) groups excluding carboxylic acids is 4. The summed E-state index contributed by atoms with van der Waals surface area (Å²) < 4.78 is 22.3. The van der Waals surface area contributed by atoms with E-state index in [0.29, 0.717) is 17.9 Å². The van der Waals surface area contributed by atoms with Gasteiger partial charge < -0.3 is 10.2 Å². The van der Waals surface area contributed by atoms with E-state index in [1.807, 2.05) is 0 Å². The number of hydroxylamine groups is 2. The van der Waals surface area contributed by atoms with Crippen LogP contribution in [0.5, 0.6) is 0 Å². The minimum Gasteiger partial charge on any atom is -0.352 e. The molecule has 1 aliphatic rings. The molecule has 1 aliphatic heterocycles. The van der Waals surface area contributed by atoms with E-state index >= 15 is 0 Å². The Morgan fingerprint density at radius 3 is 2.22 bits per heavy atom. The number of nitrogens with one attached hydrogen (secondary N) is 1. The average molecular weight is 397 g/mol. The molecule has 27 heavy (non-hydrogen) atoms. The lowest BCUT2D eigenvalue weighted by Gasteiger charge is -2.12. The minimum atomic E-state index is -3.81. The zero-order chi connectivity index (χ0) is 20.0. The van der Waals surface area contributed by atoms with Crippen molar-refractivity contribution in [2.75, 3.05) is 6.54 Å². The van der Waals surface area contributed by atoms with Crippen LogP contribution in [0.2, 0.25) is 0 Å². The summed E-state index contributed by atoms with van der Waals surface area (Å²) in [4.78, 5) is 50.8. The number of benzene rings is 1. The molecule has 0 bridgehead atoms. The highest BCUT2D eigenvalue weighted by atomic mass is 32.2. The zero-order valence-corrected chi connectivity index (χ0v) is 15.2. The van der Waals surface area contributed by atoms with Gasteiger partial charge in [-0.25, -0.2) is 18.4 Å². The van der Waals surface area contributed by atoms with Crippen molar-refractivity contribution in [2.24, 2.45) is 5.14 Å². The second-order valence-electron chi connectivity index (χ2n) is 5.83. The Morgan fingerprint density at radius 2 is 1.67 bits per heavy atom. The summed E-state index contributed by atoms with van der Waals surface area (Å²) in [5, 5.41) is 8.10. The fraction of sp³-hybridized carbons (Fsp3) is 0.375. The SMILES string of the molecule is NS(=O)(=O)c1ccc(C(=O)NCCCCC(=O)ON2C(=O)CCC2=O)cc1. The van der Waals surface area contributed by atoms with E-state index in [0.717, 1.165) is 0 Å². The van der Waals surface area contributed by atoms with Crippen LogP contribution < -0.4 is 10.5 Å². The Balaban J connectivity index is 1.67. The van der Waals surface area contributed by atoms with Crippen molar-refractivity contribution in [3.05, 3.63) is 29.8 Å². The van der Waals surface area contributed by atoms with Crippen LogP contribution in [-0.2, 0) is 29.2 Å². The molecule has 0 unspecified atom stereocenters. The molecule has 3 amide bonds. The van der Waals surface area contributed by atoms with Crippen molar-refractivity contribution >= 4 is 33.7 Å². The number of nitrogens with zero attached hydrogens (tertiary/aromatic N) is 1. The number of primary sulfonamides is 1. The van der Waals surface area contributed by atoms with E-state index in [4.69, 9.17) is 9.98 Å². The molecule has 1 heterocycles. The molecular weight excluding hydrogens is 378 g/mol. The number of carbonyl (C=O) groups is 4. The van der Waals surface area contributed by atoms with E-state index < -0.39 is 33.7 Å². The Morgan fingerprint density at radius 1 is 1.07 bits per heavy atom. The predicted molar refractivity (Wildman–Crippen MR) is 91.2 cm³/mol. The smallest absolute Gasteiger partial charge is 0.333 e. The number of hydrogen-bond donors (Lipinski definition) is 2. The van der Waals surface area contributed by atoms with E-state index in [9.17, 15) is 27.6 Å². The highest BCUT2D eigenvalue weighted by Gasteiger charge is 2.32. The third-order valence-electron chi connectivity index (χ3n) is 3.74. The molecule has 0 spiro atoms. The molecule has 0 saturated carbocycles. The van der Waals surface area contributed by atoms with Crippen LogP contribution in [0.15, 0.2) is 29.2 Å². The topological polar surface area (TPSA) is 153 Å². The molecule has 0 aromatic heterocycles. The molecule has 2 rings (SSSR count). The molecule has 1 aromatic carbocycles. The second-order valence-corrected chi connectivity index (χ2v) is 7.39. The number of imide groups is 1. The van der Waals surface area contributed by atoms with Gasteiger partial charge in [0.25, 0.3) is 17.7 Å². The van der Waals surface area contributed by atoms with Gasteiger partial charge in [0.2, 0.25) is 10.0 Å². The Labute approximate surface area is 155 Å². The first-order chi connectivity index (χ1) is 12.7. The van der Waals surface area contributed by atoms with Crippen molar-refractivity contribution in [1.82, 2.24) is 10.4 Å². The summed E-state index contributed by atoms with van der Waals surface area (Å²) in [6.45, 7) is 0.282. The minimum absolute atomic E-state index is 0.00398. The Kier molecular flexibility index (Phi) is 6.64. The lowest BCUT2D eigenvalue weighted by atomic mass is 10.2. The second kappa shape index (κ2) is 8.73.